The summed E-state index contributed by atoms with van der Waals surface area (Å²) in [5.74, 6) is -1.96. The number of carbonyl (C=O) groups is 2. The highest BCUT2D eigenvalue weighted by Gasteiger charge is 2.31. The number of carbonyl (C=O) groups excluding carboxylic acids is 1. The maximum absolute atomic E-state index is 10.9. The second kappa shape index (κ2) is 5.24. The molecule has 0 bridgehead atoms. The van der Waals surface area contributed by atoms with Gasteiger partial charge in [-0.2, -0.15) is 0 Å². The highest BCUT2D eigenvalue weighted by molar-refractivity contribution is 9.10. The average Bonchev–Trinajstić information content (AvgIpc) is 1.97. The lowest BCUT2D eigenvalue weighted by Gasteiger charge is -2.12. The van der Waals surface area contributed by atoms with E-state index < -0.39 is 20.5 Å². The molecule has 0 fully saturated rings. The van der Waals surface area contributed by atoms with Crippen LogP contribution in [0.2, 0.25) is 0 Å². The number of nitrogens with one attached hydrogen (secondary N) is 1. The fourth-order valence-electron chi connectivity index (χ4n) is 0.370. The van der Waals surface area contributed by atoms with Crippen molar-refractivity contribution in [1.29, 1.82) is 0 Å². The van der Waals surface area contributed by atoms with E-state index in [1.54, 1.807) is 0 Å². The third-order valence-electron chi connectivity index (χ3n) is 0.967. The number of halogens is 4. The van der Waals surface area contributed by atoms with E-state index >= 15 is 0 Å². The molecular weight excluding hydrogens is 308 g/mol. The van der Waals surface area contributed by atoms with Gasteiger partial charge >= 0.3 is 5.97 Å². The predicted molar refractivity (Wildman–Crippen MR) is 53.7 cm³/mol. The van der Waals surface area contributed by atoms with Gasteiger partial charge in [0.05, 0.1) is 0 Å². The number of aliphatic carboxylic acids is 1. The Bertz CT molecular complexity index is 218. The zero-order valence-corrected chi connectivity index (χ0v) is 9.91. The van der Waals surface area contributed by atoms with Crippen molar-refractivity contribution >= 4 is 62.6 Å². The van der Waals surface area contributed by atoms with Crippen molar-refractivity contribution in [2.24, 2.45) is 0 Å². The van der Waals surface area contributed by atoms with Gasteiger partial charge in [-0.15, -0.1) is 0 Å². The molecule has 13 heavy (non-hydrogen) atoms. The van der Waals surface area contributed by atoms with Crippen LogP contribution in [0.5, 0.6) is 0 Å². The number of carboxylic acid groups (broad SMARTS) is 1. The molecule has 1 amide bonds. The zero-order valence-electron chi connectivity index (χ0n) is 6.06. The van der Waals surface area contributed by atoms with Gasteiger partial charge < -0.3 is 10.4 Å². The first kappa shape index (κ1) is 13.3. The molecule has 0 aliphatic rings. The van der Waals surface area contributed by atoms with E-state index in [-0.39, 0.29) is 6.54 Å². The normalized spacial score (nSPS) is 13.5. The molecule has 1 atom stereocenters. The van der Waals surface area contributed by atoms with E-state index in [0.29, 0.717) is 0 Å². The van der Waals surface area contributed by atoms with Crippen LogP contribution in [-0.4, -0.2) is 32.1 Å². The van der Waals surface area contributed by atoms with Gasteiger partial charge in [-0.25, -0.2) is 0 Å². The lowest BCUT2D eigenvalue weighted by Crippen LogP contribution is -2.39. The Labute approximate surface area is 97.6 Å². The van der Waals surface area contributed by atoms with Crippen molar-refractivity contribution in [1.82, 2.24) is 5.32 Å². The summed E-state index contributed by atoms with van der Waals surface area (Å²) in [5.41, 5.74) is 0. The van der Waals surface area contributed by atoms with Crippen LogP contribution in [0.4, 0.5) is 0 Å². The molecule has 0 aromatic carbocycles. The third kappa shape index (κ3) is 5.57. The molecule has 0 saturated heterocycles. The van der Waals surface area contributed by atoms with Crippen LogP contribution in [0, 0.1) is 0 Å². The summed E-state index contributed by atoms with van der Waals surface area (Å²) >= 11 is 18.4. The summed E-state index contributed by atoms with van der Waals surface area (Å²) in [6.07, 6.45) is 0. The minimum Gasteiger partial charge on any atom is -0.480 e. The fourth-order valence-corrected chi connectivity index (χ4v) is 0.732. The fraction of sp³-hybridized carbons (Fsp3) is 0.600. The molecule has 1 unspecified atom stereocenters. The Morgan fingerprint density at radius 3 is 2.23 bits per heavy atom. The highest BCUT2D eigenvalue weighted by atomic mass is 79.9. The van der Waals surface area contributed by atoms with Crippen LogP contribution in [-0.2, 0) is 9.59 Å². The average molecular weight is 313 g/mol. The SMILES string of the molecule is O=C(O)C(Br)CNC(=O)C(Cl)(Cl)Cl. The van der Waals surface area contributed by atoms with Crippen molar-refractivity contribution in [3.63, 3.8) is 0 Å². The Kier molecular flexibility index (Phi) is 5.36. The lowest BCUT2D eigenvalue weighted by molar-refractivity contribution is -0.136. The lowest BCUT2D eigenvalue weighted by atomic mass is 10.4. The molecule has 0 radical (unpaired) electrons. The second-order valence-electron chi connectivity index (χ2n) is 2.01. The van der Waals surface area contributed by atoms with Gasteiger partial charge in [-0.05, 0) is 0 Å². The van der Waals surface area contributed by atoms with E-state index in [1.165, 1.54) is 0 Å². The Morgan fingerprint density at radius 1 is 1.46 bits per heavy atom. The van der Waals surface area contributed by atoms with Crippen molar-refractivity contribution in [2.45, 2.75) is 8.62 Å². The number of hydrogen-bond acceptors (Lipinski definition) is 2. The van der Waals surface area contributed by atoms with Crippen LogP contribution in [0.1, 0.15) is 0 Å². The van der Waals surface area contributed by atoms with Crippen molar-refractivity contribution in [3.8, 4) is 0 Å². The molecule has 0 aromatic rings. The smallest absolute Gasteiger partial charge is 0.319 e. The molecular formula is C5H5BrCl3NO3. The molecule has 0 aliphatic carbocycles. The molecule has 8 heteroatoms. The molecule has 0 aromatic heterocycles. The standard InChI is InChI=1S/C5H5BrCl3NO3/c6-2(3(11)12)1-10-4(13)5(7,8)9/h2H,1H2,(H,10,13)(H,11,12). The number of rotatable bonds is 3. The van der Waals surface area contributed by atoms with E-state index in [4.69, 9.17) is 39.9 Å². The van der Waals surface area contributed by atoms with Gasteiger partial charge in [0.25, 0.3) is 9.70 Å². The first-order chi connectivity index (χ1) is 5.75. The molecule has 4 nitrogen and oxygen atoms in total. The predicted octanol–water partition coefficient (Wildman–Crippen LogP) is 1.32. The zero-order chi connectivity index (χ0) is 10.6. The minimum atomic E-state index is -2.06. The number of carboxylic acids is 1. The third-order valence-corrected chi connectivity index (χ3v) is 2.20. The molecule has 0 aliphatic heterocycles. The number of amides is 1. The minimum absolute atomic E-state index is 0.151. The molecule has 0 spiro atoms. The first-order valence-electron chi connectivity index (χ1n) is 2.97. The molecule has 2 N–H and O–H groups in total. The van der Waals surface area contributed by atoms with Crippen LogP contribution >= 0.6 is 50.7 Å². The van der Waals surface area contributed by atoms with Crippen molar-refractivity contribution in [2.75, 3.05) is 6.54 Å². The van der Waals surface area contributed by atoms with Gasteiger partial charge in [-0.3, -0.25) is 9.59 Å². The summed E-state index contributed by atoms with van der Waals surface area (Å²) in [4.78, 5) is 20.2. The van der Waals surface area contributed by atoms with Crippen LogP contribution in [0.3, 0.4) is 0 Å². The van der Waals surface area contributed by atoms with Gasteiger partial charge in [0.15, 0.2) is 0 Å². The molecule has 76 valence electrons. The van der Waals surface area contributed by atoms with Crippen LogP contribution in [0.15, 0.2) is 0 Å². The highest BCUT2D eigenvalue weighted by Crippen LogP contribution is 2.25. The second-order valence-corrected chi connectivity index (χ2v) is 5.40. The van der Waals surface area contributed by atoms with Crippen molar-refractivity contribution in [3.05, 3.63) is 0 Å². The van der Waals surface area contributed by atoms with E-state index in [1.807, 2.05) is 0 Å². The van der Waals surface area contributed by atoms with E-state index in [2.05, 4.69) is 21.2 Å². The van der Waals surface area contributed by atoms with Crippen molar-refractivity contribution < 1.29 is 14.7 Å². The summed E-state index contributed by atoms with van der Waals surface area (Å²) in [6, 6.07) is 0. The first-order valence-corrected chi connectivity index (χ1v) is 5.02. The maximum atomic E-state index is 10.9. The van der Waals surface area contributed by atoms with Gasteiger partial charge in [0, 0.05) is 6.54 Å². The number of hydrogen-bond donors (Lipinski definition) is 2. The van der Waals surface area contributed by atoms with E-state index in [9.17, 15) is 9.59 Å². The van der Waals surface area contributed by atoms with Gasteiger partial charge in [-0.1, -0.05) is 50.7 Å². The van der Waals surface area contributed by atoms with E-state index in [0.717, 1.165) is 0 Å². The van der Waals surface area contributed by atoms with Crippen LogP contribution < -0.4 is 5.32 Å². The van der Waals surface area contributed by atoms with Gasteiger partial charge in [0.1, 0.15) is 4.83 Å². The topological polar surface area (TPSA) is 66.4 Å². The van der Waals surface area contributed by atoms with Gasteiger partial charge in [0.2, 0.25) is 0 Å². The molecule has 0 rings (SSSR count). The Balaban J connectivity index is 3.91. The van der Waals surface area contributed by atoms with Crippen LogP contribution in [0.25, 0.3) is 0 Å². The summed E-state index contributed by atoms with van der Waals surface area (Å²) in [6.45, 7) is -0.151. The largest absolute Gasteiger partial charge is 0.480 e. The Hall–Kier alpha value is 0.290. The Morgan fingerprint density at radius 2 is 1.92 bits per heavy atom. The maximum Gasteiger partial charge on any atom is 0.319 e. The summed E-state index contributed by atoms with van der Waals surface area (Å²) < 4.78 is -2.06. The monoisotopic (exact) mass is 311 g/mol. The number of alkyl halides is 4. The molecule has 0 saturated carbocycles. The molecule has 0 heterocycles. The quantitative estimate of drug-likeness (QED) is 0.772. The summed E-state index contributed by atoms with van der Waals surface area (Å²) in [7, 11) is 0. The summed E-state index contributed by atoms with van der Waals surface area (Å²) in [5, 5.41) is 10.5.